The fourth-order valence-corrected chi connectivity index (χ4v) is 5.25. The monoisotopic (exact) mass is 550 g/mol. The molecular weight excluding hydrogens is 524 g/mol. The second-order valence-electron chi connectivity index (χ2n) is 8.58. The van der Waals surface area contributed by atoms with Crippen molar-refractivity contribution in [2.24, 2.45) is 0 Å². The summed E-state index contributed by atoms with van der Waals surface area (Å²) in [7, 11) is 2.88. The van der Waals surface area contributed by atoms with Crippen molar-refractivity contribution in [2.45, 2.75) is 19.9 Å². The van der Waals surface area contributed by atoms with Crippen LogP contribution in [0, 0.1) is 13.8 Å². The number of phenols is 1. The van der Waals surface area contributed by atoms with Crippen LogP contribution in [-0.4, -0.2) is 53.7 Å². The van der Waals surface area contributed by atoms with Crippen molar-refractivity contribution in [2.75, 3.05) is 25.7 Å². The second-order valence-corrected chi connectivity index (χ2v) is 9.56. The van der Waals surface area contributed by atoms with Gasteiger partial charge in [0.15, 0.2) is 16.6 Å². The van der Waals surface area contributed by atoms with Gasteiger partial charge in [-0.05, 0) is 55.3 Å². The SMILES string of the molecule is C=CCOC(=O)c1sc(N2C(=O)C(=O)C(=C(O)c3ccc(OC)c(C)c3)[C@H]2c2ccc(O)c(OC)c2)nc1C. The number of phenolic OH excluding ortho intramolecular Hbond substituents is 1. The number of thiazole rings is 1. The number of carbonyl (C=O) groups is 3. The number of nitrogens with zero attached hydrogens (tertiary/aromatic N) is 2. The third-order valence-electron chi connectivity index (χ3n) is 6.14. The van der Waals surface area contributed by atoms with Gasteiger partial charge in [0, 0.05) is 5.56 Å². The Morgan fingerprint density at radius 1 is 1.13 bits per heavy atom. The van der Waals surface area contributed by atoms with Gasteiger partial charge in [-0.3, -0.25) is 14.5 Å². The van der Waals surface area contributed by atoms with Gasteiger partial charge in [0.25, 0.3) is 5.78 Å². The first-order valence-electron chi connectivity index (χ1n) is 11.7. The summed E-state index contributed by atoms with van der Waals surface area (Å²) in [5.74, 6) is -2.41. The minimum atomic E-state index is -1.15. The summed E-state index contributed by atoms with van der Waals surface area (Å²) < 4.78 is 15.7. The maximum atomic E-state index is 13.5. The Kier molecular flexibility index (Phi) is 7.73. The highest BCUT2D eigenvalue weighted by Gasteiger charge is 2.48. The van der Waals surface area contributed by atoms with E-state index in [1.807, 2.05) is 0 Å². The molecule has 3 aromatic rings. The number of hydrogen-bond donors (Lipinski definition) is 2. The molecule has 1 aliphatic heterocycles. The summed E-state index contributed by atoms with van der Waals surface area (Å²) in [6.45, 7) is 6.87. The van der Waals surface area contributed by atoms with Gasteiger partial charge in [-0.2, -0.15) is 0 Å². The molecule has 39 heavy (non-hydrogen) atoms. The zero-order valence-corrected chi connectivity index (χ0v) is 22.5. The van der Waals surface area contributed by atoms with E-state index in [-0.39, 0.29) is 33.7 Å². The summed E-state index contributed by atoms with van der Waals surface area (Å²) >= 11 is 0.881. The van der Waals surface area contributed by atoms with Crippen molar-refractivity contribution in [1.82, 2.24) is 4.98 Å². The van der Waals surface area contributed by atoms with Crippen molar-refractivity contribution in [3.8, 4) is 17.2 Å². The van der Waals surface area contributed by atoms with Crippen LogP contribution in [0.5, 0.6) is 17.2 Å². The van der Waals surface area contributed by atoms with Crippen molar-refractivity contribution >= 4 is 39.9 Å². The van der Waals surface area contributed by atoms with Gasteiger partial charge in [0.05, 0.1) is 31.5 Å². The summed E-state index contributed by atoms with van der Waals surface area (Å²) in [4.78, 5) is 45.1. The number of amides is 1. The van der Waals surface area contributed by atoms with Crippen LogP contribution in [0.25, 0.3) is 5.76 Å². The molecule has 10 nitrogen and oxygen atoms in total. The predicted octanol–water partition coefficient (Wildman–Crippen LogP) is 4.45. The fourth-order valence-electron chi connectivity index (χ4n) is 4.27. The molecule has 2 N–H and O–H groups in total. The molecule has 4 rings (SSSR count). The summed E-state index contributed by atoms with van der Waals surface area (Å²) in [5, 5.41) is 21.6. The molecule has 0 radical (unpaired) electrons. The number of aromatic hydroxyl groups is 1. The molecule has 1 fully saturated rings. The van der Waals surface area contributed by atoms with Crippen LogP contribution >= 0.6 is 11.3 Å². The molecule has 0 bridgehead atoms. The van der Waals surface area contributed by atoms with Gasteiger partial charge in [-0.25, -0.2) is 9.78 Å². The van der Waals surface area contributed by atoms with Crippen LogP contribution in [-0.2, 0) is 14.3 Å². The Morgan fingerprint density at radius 3 is 2.49 bits per heavy atom. The summed E-state index contributed by atoms with van der Waals surface area (Å²) in [6, 6.07) is 8.03. The maximum Gasteiger partial charge on any atom is 0.350 e. The number of aryl methyl sites for hydroxylation is 2. The summed E-state index contributed by atoms with van der Waals surface area (Å²) in [5.41, 5.74) is 1.47. The summed E-state index contributed by atoms with van der Waals surface area (Å²) in [6.07, 6.45) is 1.42. The molecule has 0 unspecified atom stereocenters. The average Bonchev–Trinajstić information content (AvgIpc) is 3.43. The van der Waals surface area contributed by atoms with E-state index in [0.29, 0.717) is 28.1 Å². The van der Waals surface area contributed by atoms with E-state index in [1.165, 1.54) is 38.5 Å². The molecule has 2 aromatic carbocycles. The lowest BCUT2D eigenvalue weighted by molar-refractivity contribution is -0.132. The normalized spacial score (nSPS) is 16.3. The van der Waals surface area contributed by atoms with Gasteiger partial charge in [0.2, 0.25) is 0 Å². The number of ketones is 1. The highest BCUT2D eigenvalue weighted by Crippen LogP contribution is 2.45. The van der Waals surface area contributed by atoms with Gasteiger partial charge in [-0.1, -0.05) is 30.1 Å². The number of ether oxygens (including phenoxy) is 3. The smallest absolute Gasteiger partial charge is 0.350 e. The molecule has 2 heterocycles. The van der Waals surface area contributed by atoms with Crippen LogP contribution < -0.4 is 14.4 Å². The third kappa shape index (κ3) is 4.96. The number of methoxy groups -OCH3 is 2. The fraction of sp³-hybridized carbons (Fsp3) is 0.214. The van der Waals surface area contributed by atoms with E-state index in [4.69, 9.17) is 14.2 Å². The van der Waals surface area contributed by atoms with Crippen molar-refractivity contribution in [1.29, 1.82) is 0 Å². The first-order chi connectivity index (χ1) is 18.6. The molecule has 1 saturated heterocycles. The average molecular weight is 551 g/mol. The molecule has 0 aliphatic carbocycles. The number of aromatic nitrogens is 1. The molecule has 0 spiro atoms. The van der Waals surface area contributed by atoms with Crippen LogP contribution in [0.4, 0.5) is 5.13 Å². The molecule has 11 heteroatoms. The molecule has 1 aromatic heterocycles. The zero-order chi connectivity index (χ0) is 28.4. The first-order valence-corrected chi connectivity index (χ1v) is 12.5. The van der Waals surface area contributed by atoms with Crippen LogP contribution in [0.3, 0.4) is 0 Å². The lowest BCUT2D eigenvalue weighted by Crippen LogP contribution is -2.29. The first kappa shape index (κ1) is 27.4. The Bertz CT molecular complexity index is 1520. The maximum absolute atomic E-state index is 13.5. The molecular formula is C28H26N2O8S. The number of esters is 1. The van der Waals surface area contributed by atoms with Crippen LogP contribution in [0.15, 0.2) is 54.6 Å². The van der Waals surface area contributed by atoms with E-state index >= 15 is 0 Å². The Morgan fingerprint density at radius 2 is 1.85 bits per heavy atom. The van der Waals surface area contributed by atoms with E-state index < -0.39 is 29.5 Å². The number of hydrogen-bond acceptors (Lipinski definition) is 10. The van der Waals surface area contributed by atoms with Gasteiger partial charge in [-0.15, -0.1) is 0 Å². The van der Waals surface area contributed by atoms with E-state index in [9.17, 15) is 24.6 Å². The van der Waals surface area contributed by atoms with Gasteiger partial charge < -0.3 is 24.4 Å². The largest absolute Gasteiger partial charge is 0.507 e. The van der Waals surface area contributed by atoms with Crippen molar-refractivity contribution in [3.63, 3.8) is 0 Å². The number of aliphatic hydroxyl groups excluding tert-OH is 1. The van der Waals surface area contributed by atoms with Crippen LogP contribution in [0.1, 0.15) is 38.1 Å². The van der Waals surface area contributed by atoms with E-state index in [0.717, 1.165) is 16.2 Å². The molecule has 1 atom stereocenters. The van der Waals surface area contributed by atoms with E-state index in [1.54, 1.807) is 32.0 Å². The zero-order valence-electron chi connectivity index (χ0n) is 21.7. The number of anilines is 1. The van der Waals surface area contributed by atoms with Gasteiger partial charge in [0.1, 0.15) is 23.0 Å². The lowest BCUT2D eigenvalue weighted by Gasteiger charge is -2.23. The minimum absolute atomic E-state index is 0.00932. The third-order valence-corrected chi connectivity index (χ3v) is 7.28. The lowest BCUT2D eigenvalue weighted by atomic mass is 9.94. The quantitative estimate of drug-likeness (QED) is 0.137. The second kappa shape index (κ2) is 11.0. The molecule has 202 valence electrons. The number of aliphatic hydroxyl groups is 1. The number of Topliss-reactive ketones (excluding diaryl/α,β-unsaturated/α-hetero) is 1. The number of benzene rings is 2. The molecule has 1 aliphatic rings. The van der Waals surface area contributed by atoms with Crippen LogP contribution in [0.2, 0.25) is 0 Å². The number of carbonyl (C=O) groups excluding carboxylic acids is 3. The Hall–Kier alpha value is -4.64. The predicted molar refractivity (Wildman–Crippen MR) is 145 cm³/mol. The number of rotatable bonds is 8. The highest BCUT2D eigenvalue weighted by molar-refractivity contribution is 7.17. The molecule has 1 amide bonds. The van der Waals surface area contributed by atoms with Crippen molar-refractivity contribution in [3.05, 3.63) is 81.9 Å². The van der Waals surface area contributed by atoms with E-state index in [2.05, 4.69) is 11.6 Å². The van der Waals surface area contributed by atoms with Gasteiger partial charge >= 0.3 is 11.9 Å². The highest BCUT2D eigenvalue weighted by atomic mass is 32.1. The Balaban J connectivity index is 1.93. The van der Waals surface area contributed by atoms with Crippen molar-refractivity contribution < 1.29 is 38.8 Å². The Labute approximate surface area is 228 Å². The standard InChI is InChI=1S/C28H26N2O8S/c1-6-11-38-27(35)25-15(3)29-28(39-25)30-22(16-7-9-18(31)20(13-16)37-5)21(24(33)26(30)34)23(32)17-8-10-19(36-4)14(2)12-17/h6-10,12-13,22,31-32H,1,11H2,2-5H3/t22-/m1/s1. The topological polar surface area (TPSA) is 135 Å². The minimum Gasteiger partial charge on any atom is -0.507 e. The molecule has 0 saturated carbocycles.